The Morgan fingerprint density at radius 2 is 1.58 bits per heavy atom. The standard InChI is InChI=1S/C21H27NO4/c1-5-17(15-11-13-16(24-3)14-12-15)22-21(23)18(6-2)26-20-10-8-7-9-19(20)25-4/h7-14,17-18H,5-6H2,1-4H3,(H,22,23)/t17-,18-/m1/s1. The fraction of sp³-hybridized carbons (Fsp3) is 0.381. The van der Waals surface area contributed by atoms with Gasteiger partial charge < -0.3 is 19.5 Å². The molecule has 0 aliphatic heterocycles. The molecule has 0 aliphatic rings. The molecule has 2 rings (SSSR count). The molecule has 2 atom stereocenters. The minimum Gasteiger partial charge on any atom is -0.497 e. The van der Waals surface area contributed by atoms with Crippen LogP contribution in [-0.2, 0) is 4.79 Å². The van der Waals surface area contributed by atoms with E-state index in [-0.39, 0.29) is 11.9 Å². The monoisotopic (exact) mass is 357 g/mol. The highest BCUT2D eigenvalue weighted by Gasteiger charge is 2.23. The number of hydrogen-bond acceptors (Lipinski definition) is 4. The van der Waals surface area contributed by atoms with Gasteiger partial charge >= 0.3 is 0 Å². The van der Waals surface area contributed by atoms with Crippen molar-refractivity contribution in [1.29, 1.82) is 0 Å². The molecule has 0 fully saturated rings. The zero-order valence-corrected chi connectivity index (χ0v) is 15.8. The Morgan fingerprint density at radius 1 is 0.923 bits per heavy atom. The van der Waals surface area contributed by atoms with Crippen molar-refractivity contribution in [3.05, 3.63) is 54.1 Å². The van der Waals surface area contributed by atoms with E-state index in [9.17, 15) is 4.79 Å². The van der Waals surface area contributed by atoms with Crippen molar-refractivity contribution < 1.29 is 19.0 Å². The van der Waals surface area contributed by atoms with Crippen LogP contribution in [0.3, 0.4) is 0 Å². The van der Waals surface area contributed by atoms with Crippen LogP contribution in [0.25, 0.3) is 0 Å². The van der Waals surface area contributed by atoms with Crippen LogP contribution in [0.1, 0.15) is 38.3 Å². The van der Waals surface area contributed by atoms with Gasteiger partial charge in [-0.3, -0.25) is 4.79 Å². The molecule has 26 heavy (non-hydrogen) atoms. The number of methoxy groups -OCH3 is 2. The molecular formula is C21H27NO4. The van der Waals surface area contributed by atoms with Gasteiger partial charge in [0.15, 0.2) is 17.6 Å². The third-order valence-electron chi connectivity index (χ3n) is 4.24. The van der Waals surface area contributed by atoms with E-state index in [2.05, 4.69) is 5.32 Å². The van der Waals surface area contributed by atoms with Crippen molar-refractivity contribution in [3.8, 4) is 17.2 Å². The lowest BCUT2D eigenvalue weighted by Gasteiger charge is -2.23. The maximum Gasteiger partial charge on any atom is 0.261 e. The predicted octanol–water partition coefficient (Wildman–Crippen LogP) is 4.13. The summed E-state index contributed by atoms with van der Waals surface area (Å²) >= 11 is 0. The summed E-state index contributed by atoms with van der Waals surface area (Å²) in [5.41, 5.74) is 1.04. The number of para-hydroxylation sites is 2. The SMILES string of the molecule is CC[C@@H](Oc1ccccc1OC)C(=O)N[C@H](CC)c1ccc(OC)cc1. The largest absolute Gasteiger partial charge is 0.497 e. The lowest BCUT2D eigenvalue weighted by molar-refractivity contribution is -0.129. The topological polar surface area (TPSA) is 56.8 Å². The Labute approximate surface area is 155 Å². The van der Waals surface area contributed by atoms with E-state index in [0.29, 0.717) is 17.9 Å². The van der Waals surface area contributed by atoms with Crippen molar-refractivity contribution >= 4 is 5.91 Å². The van der Waals surface area contributed by atoms with Crippen molar-refractivity contribution in [3.63, 3.8) is 0 Å². The summed E-state index contributed by atoms with van der Waals surface area (Å²) in [7, 11) is 3.22. The van der Waals surface area contributed by atoms with E-state index >= 15 is 0 Å². The third-order valence-corrected chi connectivity index (χ3v) is 4.24. The Kier molecular flexibility index (Phi) is 7.33. The molecule has 0 unspecified atom stereocenters. The fourth-order valence-electron chi connectivity index (χ4n) is 2.71. The van der Waals surface area contributed by atoms with Gasteiger partial charge in [-0.2, -0.15) is 0 Å². The Bertz CT molecular complexity index is 699. The van der Waals surface area contributed by atoms with Crippen LogP contribution in [0.2, 0.25) is 0 Å². The fourth-order valence-corrected chi connectivity index (χ4v) is 2.71. The summed E-state index contributed by atoms with van der Waals surface area (Å²) in [6.07, 6.45) is 0.755. The van der Waals surface area contributed by atoms with E-state index in [1.807, 2.05) is 56.3 Å². The van der Waals surface area contributed by atoms with Crippen LogP contribution in [0, 0.1) is 0 Å². The molecule has 5 nitrogen and oxygen atoms in total. The van der Waals surface area contributed by atoms with E-state index in [1.54, 1.807) is 20.3 Å². The highest BCUT2D eigenvalue weighted by Crippen LogP contribution is 2.28. The van der Waals surface area contributed by atoms with Crippen LogP contribution in [0.15, 0.2) is 48.5 Å². The van der Waals surface area contributed by atoms with Crippen molar-refractivity contribution in [2.24, 2.45) is 0 Å². The van der Waals surface area contributed by atoms with Gasteiger partial charge in [0, 0.05) is 0 Å². The molecule has 0 heterocycles. The van der Waals surface area contributed by atoms with Crippen molar-refractivity contribution in [1.82, 2.24) is 5.32 Å². The van der Waals surface area contributed by atoms with Gasteiger partial charge in [0.05, 0.1) is 20.3 Å². The lowest BCUT2D eigenvalue weighted by Crippen LogP contribution is -2.40. The molecule has 0 bridgehead atoms. The van der Waals surface area contributed by atoms with Gasteiger partial charge in [-0.25, -0.2) is 0 Å². The normalized spacial score (nSPS) is 12.8. The quantitative estimate of drug-likeness (QED) is 0.733. The molecular weight excluding hydrogens is 330 g/mol. The van der Waals surface area contributed by atoms with E-state index < -0.39 is 6.10 Å². The molecule has 0 aliphatic carbocycles. The van der Waals surface area contributed by atoms with Crippen LogP contribution >= 0.6 is 0 Å². The minimum atomic E-state index is -0.585. The molecule has 0 saturated carbocycles. The maximum atomic E-state index is 12.7. The third kappa shape index (κ3) is 4.91. The summed E-state index contributed by atoms with van der Waals surface area (Å²) < 4.78 is 16.4. The second kappa shape index (κ2) is 9.70. The summed E-state index contributed by atoms with van der Waals surface area (Å²) in [5.74, 6) is 1.83. The first kappa shape index (κ1) is 19.6. The smallest absolute Gasteiger partial charge is 0.261 e. The molecule has 0 saturated heterocycles. The first-order chi connectivity index (χ1) is 12.6. The highest BCUT2D eigenvalue weighted by atomic mass is 16.5. The number of ether oxygens (including phenoxy) is 3. The number of amides is 1. The van der Waals surface area contributed by atoms with Crippen molar-refractivity contribution in [2.45, 2.75) is 38.8 Å². The van der Waals surface area contributed by atoms with Gasteiger partial charge in [0.25, 0.3) is 5.91 Å². The average Bonchev–Trinajstić information content (AvgIpc) is 2.70. The first-order valence-corrected chi connectivity index (χ1v) is 8.86. The molecule has 1 N–H and O–H groups in total. The molecule has 0 spiro atoms. The molecule has 5 heteroatoms. The molecule has 1 amide bonds. The summed E-state index contributed by atoms with van der Waals surface area (Å²) in [6, 6.07) is 15.0. The zero-order valence-electron chi connectivity index (χ0n) is 15.8. The summed E-state index contributed by atoms with van der Waals surface area (Å²) in [6.45, 7) is 3.96. The average molecular weight is 357 g/mol. The number of nitrogens with one attached hydrogen (secondary N) is 1. The molecule has 0 aromatic heterocycles. The highest BCUT2D eigenvalue weighted by molar-refractivity contribution is 5.81. The Balaban J connectivity index is 2.08. The second-order valence-electron chi connectivity index (χ2n) is 5.91. The molecule has 140 valence electrons. The summed E-state index contributed by atoms with van der Waals surface area (Å²) in [4.78, 5) is 12.7. The Morgan fingerprint density at radius 3 is 2.12 bits per heavy atom. The van der Waals surface area contributed by atoms with Gasteiger partial charge in [-0.15, -0.1) is 0 Å². The Hall–Kier alpha value is -2.69. The first-order valence-electron chi connectivity index (χ1n) is 8.86. The van der Waals surface area contributed by atoms with Crippen LogP contribution < -0.4 is 19.5 Å². The molecule has 2 aromatic rings. The number of benzene rings is 2. The van der Waals surface area contributed by atoms with Gasteiger partial charge in [0.1, 0.15) is 5.75 Å². The minimum absolute atomic E-state index is 0.0799. The van der Waals surface area contributed by atoms with Gasteiger partial charge in [-0.05, 0) is 42.7 Å². The number of rotatable bonds is 9. The van der Waals surface area contributed by atoms with Crippen LogP contribution in [0.4, 0.5) is 0 Å². The molecule has 0 radical (unpaired) electrons. The van der Waals surface area contributed by atoms with E-state index in [0.717, 1.165) is 17.7 Å². The van der Waals surface area contributed by atoms with E-state index in [4.69, 9.17) is 14.2 Å². The summed E-state index contributed by atoms with van der Waals surface area (Å²) in [5, 5.41) is 3.08. The molecule has 2 aromatic carbocycles. The zero-order chi connectivity index (χ0) is 18.9. The van der Waals surface area contributed by atoms with Crippen molar-refractivity contribution in [2.75, 3.05) is 14.2 Å². The van der Waals surface area contributed by atoms with Crippen LogP contribution in [0.5, 0.6) is 17.2 Å². The predicted molar refractivity (Wildman–Crippen MR) is 102 cm³/mol. The lowest BCUT2D eigenvalue weighted by atomic mass is 10.0. The second-order valence-corrected chi connectivity index (χ2v) is 5.91. The van der Waals surface area contributed by atoms with E-state index in [1.165, 1.54) is 0 Å². The van der Waals surface area contributed by atoms with Crippen LogP contribution in [-0.4, -0.2) is 26.2 Å². The number of carbonyl (C=O) groups excluding carboxylic acids is 1. The van der Waals surface area contributed by atoms with Gasteiger partial charge in [0.2, 0.25) is 0 Å². The number of hydrogen-bond donors (Lipinski definition) is 1. The number of carbonyl (C=O) groups is 1. The van der Waals surface area contributed by atoms with Gasteiger partial charge in [-0.1, -0.05) is 38.1 Å². The maximum absolute atomic E-state index is 12.7.